The van der Waals surface area contributed by atoms with Gasteiger partial charge in [-0.25, -0.2) is 0 Å². The van der Waals surface area contributed by atoms with Crippen molar-refractivity contribution in [3.8, 4) is 0 Å². The Labute approximate surface area is 96.2 Å². The Morgan fingerprint density at radius 3 is 2.07 bits per heavy atom. The molecule has 0 bridgehead atoms. The Morgan fingerprint density at radius 1 is 1.20 bits per heavy atom. The monoisotopic (exact) mass is 212 g/mol. The van der Waals surface area contributed by atoms with Crippen LogP contribution in [0.2, 0.25) is 0 Å². The van der Waals surface area contributed by atoms with E-state index in [0.29, 0.717) is 6.04 Å². The lowest BCUT2D eigenvalue weighted by Crippen LogP contribution is -2.21. The molecule has 2 nitrogen and oxygen atoms in total. The van der Waals surface area contributed by atoms with E-state index in [1.165, 1.54) is 0 Å². The average Bonchev–Trinajstić information content (AvgIpc) is 2.87. The predicted octanol–water partition coefficient (Wildman–Crippen LogP) is 3.81. The van der Waals surface area contributed by atoms with Crippen molar-refractivity contribution >= 4 is 6.34 Å². The van der Waals surface area contributed by atoms with E-state index in [0.717, 1.165) is 6.54 Å². The van der Waals surface area contributed by atoms with Crippen molar-refractivity contribution in [3.05, 3.63) is 24.8 Å². The van der Waals surface area contributed by atoms with Crippen molar-refractivity contribution in [2.24, 2.45) is 4.99 Å². The van der Waals surface area contributed by atoms with Crippen molar-refractivity contribution in [1.82, 2.24) is 5.32 Å². The van der Waals surface area contributed by atoms with E-state index in [-0.39, 0.29) is 0 Å². The van der Waals surface area contributed by atoms with E-state index in [2.05, 4.69) is 16.9 Å². The van der Waals surface area contributed by atoms with Crippen LogP contribution in [0.25, 0.3) is 0 Å². The zero-order valence-electron chi connectivity index (χ0n) is 11.2. The summed E-state index contributed by atoms with van der Waals surface area (Å²) in [6.45, 7) is 16.4. The van der Waals surface area contributed by atoms with Crippen LogP contribution in [0, 0.1) is 0 Å². The highest BCUT2D eigenvalue weighted by Crippen LogP contribution is 1.91. The van der Waals surface area contributed by atoms with Crippen molar-refractivity contribution in [2.45, 2.75) is 47.6 Å². The molecule has 1 N–H and O–H groups in total. The van der Waals surface area contributed by atoms with E-state index >= 15 is 0 Å². The van der Waals surface area contributed by atoms with E-state index in [1.54, 1.807) is 12.4 Å². The molecule has 1 unspecified atom stereocenters. The van der Waals surface area contributed by atoms with E-state index in [4.69, 9.17) is 0 Å². The lowest BCUT2D eigenvalue weighted by atomic mass is 10.3. The second kappa shape index (κ2) is 23.1. The molecule has 0 aromatic carbocycles. The summed E-state index contributed by atoms with van der Waals surface area (Å²) in [5, 5.41) is 3.07. The first-order valence-electron chi connectivity index (χ1n) is 5.97. The van der Waals surface area contributed by atoms with Gasteiger partial charge in [-0.05, 0) is 0 Å². The molecular weight excluding hydrogens is 184 g/mol. The average molecular weight is 212 g/mol. The highest BCUT2D eigenvalue weighted by atomic mass is 15.0. The van der Waals surface area contributed by atoms with Gasteiger partial charge in [0.1, 0.15) is 0 Å². The van der Waals surface area contributed by atoms with Crippen LogP contribution in [-0.2, 0) is 0 Å². The van der Waals surface area contributed by atoms with E-state index in [9.17, 15) is 0 Å². The number of hydrogen-bond acceptors (Lipinski definition) is 2. The highest BCUT2D eigenvalue weighted by molar-refractivity contribution is 5.58. The molecule has 0 aromatic heterocycles. The minimum absolute atomic E-state index is 0.392. The third kappa shape index (κ3) is 15.7. The SMILES string of the molecule is C=C/C=C\C1CN=CN1.CC.CC.CC. The summed E-state index contributed by atoms with van der Waals surface area (Å²) in [4.78, 5) is 4.00. The van der Waals surface area contributed by atoms with Gasteiger partial charge >= 0.3 is 0 Å². The molecule has 0 fully saturated rings. The van der Waals surface area contributed by atoms with Crippen LogP contribution in [-0.4, -0.2) is 18.9 Å². The summed E-state index contributed by atoms with van der Waals surface area (Å²) in [5.41, 5.74) is 0. The first kappa shape index (κ1) is 19.5. The summed E-state index contributed by atoms with van der Waals surface area (Å²) in [7, 11) is 0. The molecular formula is C13H28N2. The first-order valence-corrected chi connectivity index (χ1v) is 5.97. The molecule has 15 heavy (non-hydrogen) atoms. The Hall–Kier alpha value is -1.05. The van der Waals surface area contributed by atoms with Crippen molar-refractivity contribution in [3.63, 3.8) is 0 Å². The largest absolute Gasteiger partial charge is 0.368 e. The van der Waals surface area contributed by atoms with Crippen molar-refractivity contribution in [2.75, 3.05) is 6.54 Å². The molecule has 1 aliphatic heterocycles. The maximum absolute atomic E-state index is 4.00. The van der Waals surface area contributed by atoms with Gasteiger partial charge in [-0.3, -0.25) is 4.99 Å². The second-order valence-corrected chi connectivity index (χ2v) is 1.89. The highest BCUT2D eigenvalue weighted by Gasteiger charge is 2.02. The third-order valence-electron chi connectivity index (χ3n) is 1.16. The van der Waals surface area contributed by atoms with Crippen LogP contribution in [0.15, 0.2) is 29.8 Å². The normalized spacial score (nSPS) is 16.0. The number of rotatable bonds is 2. The predicted molar refractivity (Wildman–Crippen MR) is 73.7 cm³/mol. The molecule has 1 heterocycles. The Morgan fingerprint density at radius 2 is 1.73 bits per heavy atom. The van der Waals surface area contributed by atoms with Crippen molar-refractivity contribution < 1.29 is 0 Å². The zero-order valence-corrected chi connectivity index (χ0v) is 11.2. The second-order valence-electron chi connectivity index (χ2n) is 1.89. The van der Waals surface area contributed by atoms with Gasteiger partial charge in [-0.2, -0.15) is 0 Å². The van der Waals surface area contributed by atoms with E-state index in [1.807, 2.05) is 53.7 Å². The molecule has 0 aromatic rings. The number of nitrogens with one attached hydrogen (secondary N) is 1. The summed E-state index contributed by atoms with van der Waals surface area (Å²) in [5.74, 6) is 0. The lowest BCUT2D eigenvalue weighted by Gasteiger charge is -1.99. The van der Waals surface area contributed by atoms with Crippen LogP contribution >= 0.6 is 0 Å². The number of aliphatic imine (C=N–C) groups is 1. The maximum atomic E-state index is 4.00. The molecule has 2 heteroatoms. The third-order valence-corrected chi connectivity index (χ3v) is 1.16. The van der Waals surface area contributed by atoms with Gasteiger partial charge < -0.3 is 5.32 Å². The van der Waals surface area contributed by atoms with Gasteiger partial charge in [0.05, 0.1) is 18.9 Å². The Kier molecular flexibility index (Phi) is 30.0. The van der Waals surface area contributed by atoms with Crippen molar-refractivity contribution in [1.29, 1.82) is 0 Å². The molecule has 0 saturated heterocycles. The van der Waals surface area contributed by atoms with Crippen LogP contribution in [0.5, 0.6) is 0 Å². The summed E-state index contributed by atoms with van der Waals surface area (Å²) in [6.07, 6.45) is 7.46. The van der Waals surface area contributed by atoms with Crippen LogP contribution in [0.1, 0.15) is 41.5 Å². The lowest BCUT2D eigenvalue weighted by molar-refractivity contribution is 0.801. The van der Waals surface area contributed by atoms with Gasteiger partial charge in [0.25, 0.3) is 0 Å². The van der Waals surface area contributed by atoms with Gasteiger partial charge in [-0.15, -0.1) is 0 Å². The smallest absolute Gasteiger partial charge is 0.0830 e. The molecule has 0 radical (unpaired) electrons. The zero-order chi connectivity index (χ0) is 12.5. The minimum atomic E-state index is 0.392. The minimum Gasteiger partial charge on any atom is -0.368 e. The van der Waals surface area contributed by atoms with Gasteiger partial charge in [0, 0.05) is 0 Å². The van der Waals surface area contributed by atoms with Gasteiger partial charge in [0.2, 0.25) is 0 Å². The van der Waals surface area contributed by atoms with Crippen LogP contribution in [0.4, 0.5) is 0 Å². The quantitative estimate of drug-likeness (QED) is 0.692. The molecule has 1 rings (SSSR count). The fourth-order valence-electron chi connectivity index (χ4n) is 0.697. The molecule has 1 aliphatic rings. The molecule has 0 amide bonds. The standard InChI is InChI=1S/C7H10N2.3C2H6/c1-2-3-4-7-5-8-6-9-7;3*1-2/h2-4,6-7H,1,5H2,(H,8,9);3*1-2H3/b4-3-;;;. The number of allylic oxidation sites excluding steroid dienone is 2. The Bertz CT molecular complexity index is 141. The Balaban J connectivity index is -0.000000208. The fraction of sp³-hybridized carbons (Fsp3) is 0.615. The molecule has 0 aliphatic carbocycles. The summed E-state index contributed by atoms with van der Waals surface area (Å²) < 4.78 is 0. The topological polar surface area (TPSA) is 24.4 Å². The number of nitrogens with zero attached hydrogens (tertiary/aromatic N) is 1. The first-order chi connectivity index (χ1) is 7.43. The number of hydrogen-bond donors (Lipinski definition) is 1. The molecule has 0 spiro atoms. The van der Waals surface area contributed by atoms with E-state index < -0.39 is 0 Å². The van der Waals surface area contributed by atoms with Gasteiger partial charge in [-0.1, -0.05) is 66.3 Å². The van der Waals surface area contributed by atoms with Crippen LogP contribution < -0.4 is 5.32 Å². The molecule has 90 valence electrons. The molecule has 1 atom stereocenters. The summed E-state index contributed by atoms with van der Waals surface area (Å²) in [6, 6.07) is 0.392. The fourth-order valence-corrected chi connectivity index (χ4v) is 0.697. The maximum Gasteiger partial charge on any atom is 0.0830 e. The van der Waals surface area contributed by atoms with Crippen LogP contribution in [0.3, 0.4) is 0 Å². The van der Waals surface area contributed by atoms with Gasteiger partial charge in [0.15, 0.2) is 0 Å². The molecule has 0 saturated carbocycles. The summed E-state index contributed by atoms with van der Waals surface area (Å²) >= 11 is 0.